The second-order valence-corrected chi connectivity index (χ2v) is 5.46. The molecule has 1 aliphatic heterocycles. The first-order chi connectivity index (χ1) is 9.10. The molecule has 2 rings (SSSR count). The number of piperidine rings is 1. The molecule has 19 heavy (non-hydrogen) atoms. The Morgan fingerprint density at radius 3 is 2.84 bits per heavy atom. The maximum Gasteiger partial charge on any atom is 0.165 e. The fraction of sp³-hybridized carbons (Fsp3) is 0.600. The summed E-state index contributed by atoms with van der Waals surface area (Å²) in [6.07, 6.45) is 2.46. The molecular formula is C15H23FN2O. The monoisotopic (exact) mass is 266 g/mol. The summed E-state index contributed by atoms with van der Waals surface area (Å²) in [6.45, 7) is 2.96. The van der Waals surface area contributed by atoms with Gasteiger partial charge in [-0.05, 0) is 51.2 Å². The minimum atomic E-state index is -0.277. The van der Waals surface area contributed by atoms with Gasteiger partial charge in [0.05, 0.1) is 7.11 Å². The summed E-state index contributed by atoms with van der Waals surface area (Å²) in [7, 11) is 5.74. The summed E-state index contributed by atoms with van der Waals surface area (Å²) in [5, 5.41) is 0. The number of nitrogens with zero attached hydrogens (tertiary/aromatic N) is 2. The van der Waals surface area contributed by atoms with Gasteiger partial charge in [0.2, 0.25) is 0 Å². The van der Waals surface area contributed by atoms with Crippen molar-refractivity contribution in [3.8, 4) is 5.75 Å². The highest BCUT2D eigenvalue weighted by molar-refractivity contribution is 5.29. The number of benzene rings is 1. The summed E-state index contributed by atoms with van der Waals surface area (Å²) < 4.78 is 18.6. The SMILES string of the molecule is COc1ccc(CN2CCC[C@H](N(C)C)C2)cc1F. The van der Waals surface area contributed by atoms with Gasteiger partial charge in [-0.3, -0.25) is 4.90 Å². The molecule has 0 N–H and O–H groups in total. The normalized spacial score (nSPS) is 20.8. The van der Waals surface area contributed by atoms with E-state index in [0.717, 1.165) is 25.2 Å². The molecule has 106 valence electrons. The van der Waals surface area contributed by atoms with Crippen LogP contribution in [0.4, 0.5) is 4.39 Å². The molecule has 4 heteroatoms. The van der Waals surface area contributed by atoms with Crippen LogP contribution in [0.25, 0.3) is 0 Å². The van der Waals surface area contributed by atoms with Crippen LogP contribution in [0.15, 0.2) is 18.2 Å². The molecule has 0 bridgehead atoms. The maximum absolute atomic E-state index is 13.7. The molecule has 1 heterocycles. The molecule has 0 aromatic heterocycles. The number of halogens is 1. The average molecular weight is 266 g/mol. The van der Waals surface area contributed by atoms with E-state index in [4.69, 9.17) is 4.74 Å². The number of likely N-dealkylation sites (N-methyl/N-ethyl adjacent to an activating group) is 1. The zero-order valence-electron chi connectivity index (χ0n) is 12.0. The molecule has 0 amide bonds. The number of likely N-dealkylation sites (tertiary alicyclic amines) is 1. The number of rotatable bonds is 4. The van der Waals surface area contributed by atoms with Gasteiger partial charge < -0.3 is 9.64 Å². The van der Waals surface area contributed by atoms with Gasteiger partial charge in [0.25, 0.3) is 0 Å². The summed E-state index contributed by atoms with van der Waals surface area (Å²) in [4.78, 5) is 4.68. The van der Waals surface area contributed by atoms with Crippen LogP contribution in [-0.4, -0.2) is 50.1 Å². The highest BCUT2D eigenvalue weighted by Crippen LogP contribution is 2.21. The van der Waals surface area contributed by atoms with E-state index in [9.17, 15) is 4.39 Å². The fourth-order valence-electron chi connectivity index (χ4n) is 2.66. The lowest BCUT2D eigenvalue weighted by atomic mass is 10.0. The van der Waals surface area contributed by atoms with Crippen molar-refractivity contribution in [2.75, 3.05) is 34.3 Å². The second kappa shape index (κ2) is 6.35. The Labute approximate surface area is 115 Å². The Balaban J connectivity index is 1.98. The summed E-state index contributed by atoms with van der Waals surface area (Å²) in [5.74, 6) is 0.0368. The quantitative estimate of drug-likeness (QED) is 0.832. The van der Waals surface area contributed by atoms with Crippen LogP contribution >= 0.6 is 0 Å². The van der Waals surface area contributed by atoms with Crippen molar-refractivity contribution >= 4 is 0 Å². The van der Waals surface area contributed by atoms with Gasteiger partial charge in [-0.15, -0.1) is 0 Å². The van der Waals surface area contributed by atoms with E-state index in [2.05, 4.69) is 23.9 Å². The third kappa shape index (κ3) is 3.67. The van der Waals surface area contributed by atoms with Crippen molar-refractivity contribution in [3.63, 3.8) is 0 Å². The first kappa shape index (κ1) is 14.3. The van der Waals surface area contributed by atoms with Crippen LogP contribution in [0.1, 0.15) is 18.4 Å². The lowest BCUT2D eigenvalue weighted by Gasteiger charge is -2.36. The van der Waals surface area contributed by atoms with Crippen molar-refractivity contribution < 1.29 is 9.13 Å². The number of hydrogen-bond acceptors (Lipinski definition) is 3. The zero-order chi connectivity index (χ0) is 13.8. The van der Waals surface area contributed by atoms with Crippen LogP contribution in [0, 0.1) is 5.82 Å². The minimum absolute atomic E-state index is 0.277. The van der Waals surface area contributed by atoms with Crippen molar-refractivity contribution in [1.29, 1.82) is 0 Å². The molecular weight excluding hydrogens is 243 g/mol. The van der Waals surface area contributed by atoms with Crippen molar-refractivity contribution in [2.24, 2.45) is 0 Å². The van der Waals surface area contributed by atoms with E-state index >= 15 is 0 Å². The average Bonchev–Trinajstić information content (AvgIpc) is 2.39. The van der Waals surface area contributed by atoms with Crippen LogP contribution in [0.5, 0.6) is 5.75 Å². The molecule has 1 aromatic rings. The summed E-state index contributed by atoms with van der Waals surface area (Å²) in [6, 6.07) is 5.84. The number of ether oxygens (including phenoxy) is 1. The van der Waals surface area contributed by atoms with E-state index in [-0.39, 0.29) is 5.82 Å². The van der Waals surface area contributed by atoms with Gasteiger partial charge in [-0.1, -0.05) is 6.07 Å². The Morgan fingerprint density at radius 2 is 2.21 bits per heavy atom. The van der Waals surface area contributed by atoms with Gasteiger partial charge in [-0.2, -0.15) is 0 Å². The fourth-order valence-corrected chi connectivity index (χ4v) is 2.66. The second-order valence-electron chi connectivity index (χ2n) is 5.46. The van der Waals surface area contributed by atoms with Crippen molar-refractivity contribution in [3.05, 3.63) is 29.6 Å². The molecule has 1 aliphatic rings. The Kier molecular flexibility index (Phi) is 4.77. The van der Waals surface area contributed by atoms with Gasteiger partial charge in [0.15, 0.2) is 11.6 Å². The number of methoxy groups -OCH3 is 1. The van der Waals surface area contributed by atoms with Crippen LogP contribution in [-0.2, 0) is 6.54 Å². The Hall–Kier alpha value is -1.13. The molecule has 1 atom stereocenters. The third-order valence-corrected chi connectivity index (χ3v) is 3.83. The molecule has 0 spiro atoms. The third-order valence-electron chi connectivity index (χ3n) is 3.83. The Bertz CT molecular complexity index is 423. The highest BCUT2D eigenvalue weighted by atomic mass is 19.1. The predicted octanol–water partition coefficient (Wildman–Crippen LogP) is 2.36. The van der Waals surface area contributed by atoms with Crippen LogP contribution in [0.2, 0.25) is 0 Å². The standard InChI is InChI=1S/C15H23FN2O/c1-17(2)13-5-4-8-18(11-13)10-12-6-7-15(19-3)14(16)9-12/h6-7,9,13H,4-5,8,10-11H2,1-3H3/t13-/m0/s1. The van der Waals surface area contributed by atoms with Gasteiger partial charge >= 0.3 is 0 Å². The lowest BCUT2D eigenvalue weighted by molar-refractivity contribution is 0.128. The van der Waals surface area contributed by atoms with Crippen LogP contribution < -0.4 is 4.74 Å². The number of hydrogen-bond donors (Lipinski definition) is 0. The van der Waals surface area contributed by atoms with Gasteiger partial charge in [0.1, 0.15) is 0 Å². The largest absolute Gasteiger partial charge is 0.494 e. The predicted molar refractivity (Wildman–Crippen MR) is 74.9 cm³/mol. The molecule has 0 aliphatic carbocycles. The van der Waals surface area contributed by atoms with E-state index in [1.54, 1.807) is 12.1 Å². The molecule has 1 fully saturated rings. The van der Waals surface area contributed by atoms with E-state index in [1.165, 1.54) is 20.0 Å². The smallest absolute Gasteiger partial charge is 0.165 e. The molecule has 1 saturated heterocycles. The van der Waals surface area contributed by atoms with Crippen molar-refractivity contribution in [2.45, 2.75) is 25.4 Å². The topological polar surface area (TPSA) is 15.7 Å². The molecule has 0 radical (unpaired) electrons. The van der Waals surface area contributed by atoms with Crippen molar-refractivity contribution in [1.82, 2.24) is 9.80 Å². The summed E-state index contributed by atoms with van der Waals surface area (Å²) in [5.41, 5.74) is 1.01. The first-order valence-electron chi connectivity index (χ1n) is 6.81. The van der Waals surface area contributed by atoms with Crippen LogP contribution in [0.3, 0.4) is 0 Å². The minimum Gasteiger partial charge on any atom is -0.494 e. The summed E-state index contributed by atoms with van der Waals surface area (Å²) >= 11 is 0. The van der Waals surface area contributed by atoms with E-state index in [1.807, 2.05) is 6.07 Å². The Morgan fingerprint density at radius 1 is 1.42 bits per heavy atom. The molecule has 0 saturated carbocycles. The lowest BCUT2D eigenvalue weighted by Crippen LogP contribution is -2.44. The van der Waals surface area contributed by atoms with Gasteiger partial charge in [0, 0.05) is 19.1 Å². The highest BCUT2D eigenvalue weighted by Gasteiger charge is 2.21. The van der Waals surface area contributed by atoms with Gasteiger partial charge in [-0.25, -0.2) is 4.39 Å². The first-order valence-corrected chi connectivity index (χ1v) is 6.81. The molecule has 0 unspecified atom stereocenters. The van der Waals surface area contributed by atoms with E-state index < -0.39 is 0 Å². The zero-order valence-corrected chi connectivity index (χ0v) is 12.0. The van der Waals surface area contributed by atoms with E-state index in [0.29, 0.717) is 11.8 Å². The maximum atomic E-state index is 13.7. The molecule has 3 nitrogen and oxygen atoms in total. The molecule has 1 aromatic carbocycles.